The molecule has 2 heterocycles. The van der Waals surface area contributed by atoms with Crippen LogP contribution in [0.4, 0.5) is 0 Å². The van der Waals surface area contributed by atoms with E-state index < -0.39 is 5.54 Å². The summed E-state index contributed by atoms with van der Waals surface area (Å²) in [6.45, 7) is -0.207. The topological polar surface area (TPSA) is 88.6 Å². The largest absolute Gasteiger partial charge is 0.394 e. The number of carbonyl (C=O) groups is 1. The van der Waals surface area contributed by atoms with Crippen LogP contribution in [-0.2, 0) is 11.3 Å². The summed E-state index contributed by atoms with van der Waals surface area (Å²) >= 11 is 0. The van der Waals surface area contributed by atoms with Gasteiger partial charge in [-0.1, -0.05) is 6.07 Å². The Morgan fingerprint density at radius 3 is 2.89 bits per heavy atom. The first-order valence-corrected chi connectivity index (χ1v) is 6.10. The number of nitrogens with one attached hydrogen (secondary N) is 1. The molecule has 0 aromatic carbocycles. The van der Waals surface area contributed by atoms with Crippen LogP contribution in [0.5, 0.6) is 0 Å². The van der Waals surface area contributed by atoms with Gasteiger partial charge in [0.25, 0.3) is 0 Å². The van der Waals surface area contributed by atoms with Gasteiger partial charge in [0.15, 0.2) is 5.65 Å². The van der Waals surface area contributed by atoms with Crippen molar-refractivity contribution in [3.8, 4) is 0 Å². The number of pyridine rings is 1. The van der Waals surface area contributed by atoms with Crippen molar-refractivity contribution in [1.29, 1.82) is 0 Å². The van der Waals surface area contributed by atoms with Gasteiger partial charge in [0.1, 0.15) is 6.54 Å². The van der Waals surface area contributed by atoms with E-state index in [-0.39, 0.29) is 24.7 Å². The zero-order valence-corrected chi connectivity index (χ0v) is 10.2. The summed E-state index contributed by atoms with van der Waals surface area (Å²) < 4.78 is 2.50. The van der Waals surface area contributed by atoms with Gasteiger partial charge in [-0.05, 0) is 25.0 Å². The highest BCUT2D eigenvalue weighted by Gasteiger charge is 2.43. The molecule has 19 heavy (non-hydrogen) atoms. The lowest BCUT2D eigenvalue weighted by molar-refractivity contribution is -0.123. The van der Waals surface area contributed by atoms with E-state index in [1.54, 1.807) is 24.4 Å². The normalized spacial score (nSPS) is 16.5. The van der Waals surface area contributed by atoms with E-state index in [0.717, 1.165) is 17.5 Å². The Kier molecular flexibility index (Phi) is 2.63. The number of nitrogens with zero attached hydrogens (tertiary/aromatic N) is 3. The van der Waals surface area contributed by atoms with Gasteiger partial charge >= 0.3 is 5.69 Å². The van der Waals surface area contributed by atoms with Gasteiger partial charge in [-0.2, -0.15) is 0 Å². The smallest absolute Gasteiger partial charge is 0.350 e. The molecule has 100 valence electrons. The molecule has 0 bridgehead atoms. The van der Waals surface area contributed by atoms with E-state index in [2.05, 4.69) is 10.4 Å². The molecular weight excluding hydrogens is 248 g/mol. The van der Waals surface area contributed by atoms with Crippen LogP contribution >= 0.6 is 0 Å². The first kappa shape index (κ1) is 11.9. The highest BCUT2D eigenvalue weighted by molar-refractivity contribution is 5.77. The van der Waals surface area contributed by atoms with Crippen molar-refractivity contribution in [3.05, 3.63) is 34.9 Å². The minimum Gasteiger partial charge on any atom is -0.394 e. The molecule has 0 aliphatic heterocycles. The van der Waals surface area contributed by atoms with Crippen molar-refractivity contribution in [1.82, 2.24) is 19.5 Å². The van der Waals surface area contributed by atoms with E-state index in [0.29, 0.717) is 5.65 Å². The van der Waals surface area contributed by atoms with Crippen molar-refractivity contribution in [3.63, 3.8) is 0 Å². The van der Waals surface area contributed by atoms with Crippen molar-refractivity contribution in [2.45, 2.75) is 24.9 Å². The molecule has 1 fully saturated rings. The number of hydrogen-bond acceptors (Lipinski definition) is 4. The molecule has 2 aromatic rings. The summed E-state index contributed by atoms with van der Waals surface area (Å²) in [5.74, 6) is -0.308. The lowest BCUT2D eigenvalue weighted by atomic mass is 10.3. The molecule has 1 aliphatic carbocycles. The minimum atomic E-state index is -0.472. The lowest BCUT2D eigenvalue weighted by Crippen LogP contribution is -2.42. The fraction of sp³-hybridized carbons (Fsp3) is 0.417. The Bertz CT molecular complexity index is 684. The van der Waals surface area contributed by atoms with E-state index in [4.69, 9.17) is 5.11 Å². The minimum absolute atomic E-state index is 0.0706. The molecule has 0 unspecified atom stereocenters. The lowest BCUT2D eigenvalue weighted by Gasteiger charge is -2.13. The average molecular weight is 262 g/mol. The van der Waals surface area contributed by atoms with Crippen LogP contribution < -0.4 is 11.0 Å². The van der Waals surface area contributed by atoms with Crippen molar-refractivity contribution >= 4 is 11.6 Å². The number of hydrogen-bond donors (Lipinski definition) is 2. The summed E-state index contributed by atoms with van der Waals surface area (Å²) in [6, 6.07) is 5.20. The summed E-state index contributed by atoms with van der Waals surface area (Å²) in [4.78, 5) is 23.8. The number of aliphatic hydroxyl groups is 1. The Labute approximate surface area is 108 Å². The van der Waals surface area contributed by atoms with Gasteiger partial charge in [-0.3, -0.25) is 9.20 Å². The summed E-state index contributed by atoms with van der Waals surface area (Å²) in [6.07, 6.45) is 3.15. The third-order valence-electron chi connectivity index (χ3n) is 3.34. The van der Waals surface area contributed by atoms with Gasteiger partial charge in [0, 0.05) is 6.20 Å². The van der Waals surface area contributed by atoms with Crippen LogP contribution in [0.1, 0.15) is 12.8 Å². The van der Waals surface area contributed by atoms with Crippen LogP contribution in [0.15, 0.2) is 29.2 Å². The molecular formula is C12H14N4O3. The van der Waals surface area contributed by atoms with Gasteiger partial charge in [-0.25, -0.2) is 9.48 Å². The number of fused-ring (bicyclic) bond motifs is 1. The third-order valence-corrected chi connectivity index (χ3v) is 3.34. The van der Waals surface area contributed by atoms with Gasteiger partial charge in [0.05, 0.1) is 12.1 Å². The van der Waals surface area contributed by atoms with Crippen LogP contribution in [0.25, 0.3) is 5.65 Å². The second kappa shape index (κ2) is 4.20. The maximum atomic E-state index is 11.9. The predicted molar refractivity (Wildman–Crippen MR) is 66.6 cm³/mol. The zero-order valence-electron chi connectivity index (χ0n) is 10.2. The third kappa shape index (κ3) is 2.12. The maximum Gasteiger partial charge on any atom is 0.350 e. The second-order valence-corrected chi connectivity index (χ2v) is 4.86. The maximum absolute atomic E-state index is 11.9. The quantitative estimate of drug-likeness (QED) is 0.750. The molecule has 1 saturated carbocycles. The molecule has 7 heteroatoms. The van der Waals surface area contributed by atoms with Crippen molar-refractivity contribution in [2.75, 3.05) is 6.61 Å². The zero-order chi connectivity index (χ0) is 13.5. The predicted octanol–water partition coefficient (Wildman–Crippen LogP) is -0.863. The molecule has 7 nitrogen and oxygen atoms in total. The number of carbonyl (C=O) groups excluding carboxylic acids is 1. The van der Waals surface area contributed by atoms with Gasteiger partial charge < -0.3 is 10.4 Å². The molecule has 2 aromatic heterocycles. The number of aliphatic hydroxyl groups excluding tert-OH is 1. The molecule has 3 rings (SSSR count). The van der Waals surface area contributed by atoms with Crippen LogP contribution in [0, 0.1) is 0 Å². The standard InChI is InChI=1S/C12H14N4O3/c17-8-12(4-5-12)13-10(18)7-16-11(19)15-6-2-1-3-9(15)14-16/h1-3,6,17H,4-5,7-8H2,(H,13,18). The first-order valence-electron chi connectivity index (χ1n) is 6.10. The summed E-state index contributed by atoms with van der Waals surface area (Å²) in [5.41, 5.74) is -0.317. The van der Waals surface area contributed by atoms with E-state index in [1.165, 1.54) is 4.40 Å². The van der Waals surface area contributed by atoms with E-state index in [9.17, 15) is 9.59 Å². The molecule has 0 spiro atoms. The second-order valence-electron chi connectivity index (χ2n) is 4.86. The Balaban J connectivity index is 1.80. The molecule has 0 radical (unpaired) electrons. The number of amides is 1. The highest BCUT2D eigenvalue weighted by atomic mass is 16.3. The van der Waals surface area contributed by atoms with Crippen LogP contribution in [0.3, 0.4) is 0 Å². The van der Waals surface area contributed by atoms with Crippen molar-refractivity contribution < 1.29 is 9.90 Å². The fourth-order valence-corrected chi connectivity index (χ4v) is 2.02. The van der Waals surface area contributed by atoms with Gasteiger partial charge in [-0.15, -0.1) is 5.10 Å². The summed E-state index contributed by atoms with van der Waals surface area (Å²) in [7, 11) is 0. The molecule has 0 saturated heterocycles. The van der Waals surface area contributed by atoms with Crippen LogP contribution in [-0.4, -0.2) is 37.3 Å². The van der Waals surface area contributed by atoms with E-state index in [1.807, 2.05) is 0 Å². The van der Waals surface area contributed by atoms with E-state index >= 15 is 0 Å². The fourth-order valence-electron chi connectivity index (χ4n) is 2.02. The van der Waals surface area contributed by atoms with Crippen LogP contribution in [0.2, 0.25) is 0 Å². The average Bonchev–Trinajstić information content (AvgIpc) is 3.11. The number of aromatic nitrogens is 3. The number of rotatable bonds is 4. The molecule has 2 N–H and O–H groups in total. The molecule has 0 atom stereocenters. The Morgan fingerprint density at radius 1 is 1.47 bits per heavy atom. The van der Waals surface area contributed by atoms with Gasteiger partial charge in [0.2, 0.25) is 5.91 Å². The molecule has 1 aliphatic rings. The summed E-state index contributed by atoms with van der Waals surface area (Å²) in [5, 5.41) is 15.9. The molecule has 1 amide bonds. The SMILES string of the molecule is O=C(Cn1nc2ccccn2c1=O)NC1(CO)CC1. The highest BCUT2D eigenvalue weighted by Crippen LogP contribution is 2.34. The van der Waals surface area contributed by atoms with Crippen molar-refractivity contribution in [2.24, 2.45) is 0 Å². The monoisotopic (exact) mass is 262 g/mol. The first-order chi connectivity index (χ1) is 9.13. The Hall–Kier alpha value is -2.15. The Morgan fingerprint density at radius 2 is 2.26 bits per heavy atom.